The van der Waals surface area contributed by atoms with E-state index in [9.17, 15) is 0 Å². The van der Waals surface area contributed by atoms with E-state index < -0.39 is 0 Å². The van der Waals surface area contributed by atoms with Crippen molar-refractivity contribution in [1.29, 1.82) is 0 Å². The summed E-state index contributed by atoms with van der Waals surface area (Å²) >= 11 is 0. The topological polar surface area (TPSA) is 60.3 Å². The van der Waals surface area contributed by atoms with Crippen molar-refractivity contribution in [3.63, 3.8) is 0 Å². The number of aromatic nitrogens is 3. The first-order chi connectivity index (χ1) is 14.8. The molecule has 0 fully saturated rings. The lowest BCUT2D eigenvalue weighted by Crippen LogP contribution is -1.98. The van der Waals surface area contributed by atoms with Gasteiger partial charge in [-0.05, 0) is 42.8 Å². The predicted octanol–water partition coefficient (Wildman–Crippen LogP) is 5.30. The second-order valence-corrected chi connectivity index (χ2v) is 6.84. The van der Waals surface area contributed by atoms with Gasteiger partial charge in [-0.15, -0.1) is 0 Å². The largest absolute Gasteiger partial charge is 0.487 e. The quantitative estimate of drug-likeness (QED) is 0.399. The molecule has 0 unspecified atom stereocenters. The molecular weight excluding hydrogens is 372 g/mol. The molecule has 30 heavy (non-hydrogen) atoms. The molecule has 0 N–H and O–H groups in total. The molecule has 1 aromatic carbocycles. The molecule has 3 heterocycles. The van der Waals surface area contributed by atoms with Crippen LogP contribution >= 0.6 is 0 Å². The van der Waals surface area contributed by atoms with E-state index in [0.717, 1.165) is 22.6 Å². The summed E-state index contributed by atoms with van der Waals surface area (Å²) in [5, 5.41) is 0. The van der Waals surface area contributed by atoms with Gasteiger partial charge in [0.15, 0.2) is 0 Å². The fraction of sp³-hybridized carbons (Fsp3) is 0.120. The second kappa shape index (κ2) is 9.56. The third-order valence-electron chi connectivity index (χ3n) is 4.63. The SMILES string of the molecule is C[C@@H](N=Cc1ccc(OCc2ccc(-c3ccccn3)nc2)cn1)c1ccccc1. The van der Waals surface area contributed by atoms with Gasteiger partial charge in [0.05, 0.1) is 29.3 Å². The van der Waals surface area contributed by atoms with Crippen molar-refractivity contribution in [3.05, 3.63) is 108 Å². The number of ether oxygens (including phenoxy) is 1. The van der Waals surface area contributed by atoms with Gasteiger partial charge in [0.2, 0.25) is 0 Å². The van der Waals surface area contributed by atoms with E-state index >= 15 is 0 Å². The average molecular weight is 394 g/mol. The predicted molar refractivity (Wildman–Crippen MR) is 118 cm³/mol. The zero-order chi connectivity index (χ0) is 20.6. The maximum atomic E-state index is 5.82. The van der Waals surface area contributed by atoms with E-state index in [2.05, 4.69) is 39.0 Å². The minimum Gasteiger partial charge on any atom is -0.487 e. The van der Waals surface area contributed by atoms with Crippen LogP contribution in [0, 0.1) is 0 Å². The van der Waals surface area contributed by atoms with Gasteiger partial charge in [0.25, 0.3) is 0 Å². The molecule has 0 aliphatic rings. The molecule has 5 nitrogen and oxygen atoms in total. The van der Waals surface area contributed by atoms with Crippen LogP contribution in [0.4, 0.5) is 0 Å². The van der Waals surface area contributed by atoms with Gasteiger partial charge in [0.1, 0.15) is 12.4 Å². The number of rotatable bonds is 7. The van der Waals surface area contributed by atoms with Gasteiger partial charge in [-0.2, -0.15) is 0 Å². The molecule has 148 valence electrons. The van der Waals surface area contributed by atoms with Crippen molar-refractivity contribution in [2.24, 2.45) is 4.99 Å². The first-order valence-electron chi connectivity index (χ1n) is 9.81. The molecule has 3 aromatic heterocycles. The summed E-state index contributed by atoms with van der Waals surface area (Å²) in [6.45, 7) is 2.49. The molecule has 0 bridgehead atoms. The maximum Gasteiger partial charge on any atom is 0.138 e. The second-order valence-electron chi connectivity index (χ2n) is 6.84. The Morgan fingerprint density at radius 2 is 1.67 bits per heavy atom. The maximum absolute atomic E-state index is 5.82. The number of nitrogens with zero attached hydrogens (tertiary/aromatic N) is 4. The molecule has 4 rings (SSSR count). The summed E-state index contributed by atoms with van der Waals surface area (Å²) in [6.07, 6.45) is 7.08. The minimum absolute atomic E-state index is 0.0884. The van der Waals surface area contributed by atoms with Crippen molar-refractivity contribution in [2.45, 2.75) is 19.6 Å². The zero-order valence-corrected chi connectivity index (χ0v) is 16.7. The van der Waals surface area contributed by atoms with E-state index in [1.54, 1.807) is 18.6 Å². The van der Waals surface area contributed by atoms with Gasteiger partial charge in [-0.1, -0.05) is 42.5 Å². The fourth-order valence-electron chi connectivity index (χ4n) is 2.90. The van der Waals surface area contributed by atoms with E-state index in [1.807, 2.05) is 66.9 Å². The normalized spacial score (nSPS) is 12.0. The first kappa shape index (κ1) is 19.5. The van der Waals surface area contributed by atoms with E-state index in [4.69, 9.17) is 4.74 Å². The Balaban J connectivity index is 1.32. The van der Waals surface area contributed by atoms with Crippen LogP contribution in [0.1, 0.15) is 29.8 Å². The van der Waals surface area contributed by atoms with E-state index in [0.29, 0.717) is 12.4 Å². The molecule has 0 radical (unpaired) electrons. The Kier molecular flexibility index (Phi) is 6.20. The Labute approximate surface area is 176 Å². The monoisotopic (exact) mass is 394 g/mol. The standard InChI is InChI=1S/C25H22N4O/c1-19(21-7-3-2-4-8-21)27-16-22-11-12-23(17-28-22)30-18-20-10-13-25(29-15-20)24-9-5-6-14-26-24/h2-17,19H,18H2,1H3/t19-/m1/s1. The molecule has 0 spiro atoms. The van der Waals surface area contributed by atoms with Crippen LogP contribution in [-0.4, -0.2) is 21.2 Å². The van der Waals surface area contributed by atoms with Crippen LogP contribution in [0.3, 0.4) is 0 Å². The van der Waals surface area contributed by atoms with Gasteiger partial charge in [-0.25, -0.2) is 0 Å². The van der Waals surface area contributed by atoms with Crippen LogP contribution in [0.25, 0.3) is 11.4 Å². The average Bonchev–Trinajstić information content (AvgIpc) is 2.83. The van der Waals surface area contributed by atoms with Crippen molar-refractivity contribution in [2.75, 3.05) is 0 Å². The highest BCUT2D eigenvalue weighted by atomic mass is 16.5. The molecule has 0 saturated heterocycles. The van der Waals surface area contributed by atoms with Crippen LogP contribution in [0.5, 0.6) is 5.75 Å². The Morgan fingerprint density at radius 1 is 0.833 bits per heavy atom. The lowest BCUT2D eigenvalue weighted by molar-refractivity contribution is 0.304. The van der Waals surface area contributed by atoms with Crippen molar-refractivity contribution < 1.29 is 4.74 Å². The van der Waals surface area contributed by atoms with Crippen molar-refractivity contribution >= 4 is 6.21 Å². The summed E-state index contributed by atoms with van der Waals surface area (Å²) in [6, 6.07) is 23.8. The number of aliphatic imine (C=N–C) groups is 1. The molecule has 5 heteroatoms. The number of pyridine rings is 3. The van der Waals surface area contributed by atoms with E-state index in [1.165, 1.54) is 5.56 Å². The van der Waals surface area contributed by atoms with Crippen molar-refractivity contribution in [1.82, 2.24) is 15.0 Å². The Hall–Kier alpha value is -3.86. The van der Waals surface area contributed by atoms with Crippen LogP contribution in [-0.2, 0) is 6.61 Å². The van der Waals surface area contributed by atoms with Crippen molar-refractivity contribution in [3.8, 4) is 17.1 Å². The third kappa shape index (κ3) is 5.14. The summed E-state index contributed by atoms with van der Waals surface area (Å²) in [4.78, 5) is 17.8. The zero-order valence-electron chi connectivity index (χ0n) is 16.7. The summed E-state index contributed by atoms with van der Waals surface area (Å²) in [5.41, 5.74) is 4.65. The van der Waals surface area contributed by atoms with Gasteiger partial charge >= 0.3 is 0 Å². The molecule has 0 aliphatic heterocycles. The van der Waals surface area contributed by atoms with Gasteiger partial charge in [0, 0.05) is 24.2 Å². The smallest absolute Gasteiger partial charge is 0.138 e. The van der Waals surface area contributed by atoms with Crippen LogP contribution in [0.2, 0.25) is 0 Å². The summed E-state index contributed by atoms with van der Waals surface area (Å²) in [7, 11) is 0. The number of benzene rings is 1. The lowest BCUT2D eigenvalue weighted by atomic mass is 10.1. The van der Waals surface area contributed by atoms with E-state index in [-0.39, 0.29) is 6.04 Å². The fourth-order valence-corrected chi connectivity index (χ4v) is 2.90. The highest BCUT2D eigenvalue weighted by Crippen LogP contribution is 2.17. The third-order valence-corrected chi connectivity index (χ3v) is 4.63. The number of hydrogen-bond acceptors (Lipinski definition) is 5. The van der Waals surface area contributed by atoms with Crippen LogP contribution < -0.4 is 4.74 Å². The molecule has 0 aliphatic carbocycles. The van der Waals surface area contributed by atoms with Gasteiger partial charge < -0.3 is 4.74 Å². The van der Waals surface area contributed by atoms with Crippen LogP contribution in [0.15, 0.2) is 96.4 Å². The Morgan fingerprint density at radius 3 is 2.37 bits per heavy atom. The first-order valence-corrected chi connectivity index (χ1v) is 9.81. The Bertz CT molecular complexity index is 1080. The molecular formula is C25H22N4O. The highest BCUT2D eigenvalue weighted by Gasteiger charge is 2.03. The molecule has 4 aromatic rings. The number of hydrogen-bond donors (Lipinski definition) is 0. The van der Waals surface area contributed by atoms with Gasteiger partial charge in [-0.3, -0.25) is 19.9 Å². The lowest BCUT2D eigenvalue weighted by Gasteiger charge is -2.07. The summed E-state index contributed by atoms with van der Waals surface area (Å²) in [5.74, 6) is 0.706. The minimum atomic E-state index is 0.0884. The molecule has 0 amide bonds. The molecule has 1 atom stereocenters. The molecule has 0 saturated carbocycles. The highest BCUT2D eigenvalue weighted by molar-refractivity contribution is 5.77. The summed E-state index contributed by atoms with van der Waals surface area (Å²) < 4.78 is 5.82.